The lowest BCUT2D eigenvalue weighted by molar-refractivity contribution is 0.478. The maximum atomic E-state index is 9.24. The van der Waals surface area contributed by atoms with Gasteiger partial charge < -0.3 is 10.8 Å². The number of nitrogens with two attached hydrogens (primary N) is 1. The van der Waals surface area contributed by atoms with E-state index in [1.165, 1.54) is 0 Å². The minimum Gasteiger partial charge on any atom is -0.506 e. The molecule has 2 rings (SSSR count). The predicted molar refractivity (Wildman–Crippen MR) is 54.4 cm³/mol. The van der Waals surface area contributed by atoms with Crippen LogP contribution in [0.3, 0.4) is 0 Å². The maximum absolute atomic E-state index is 9.24. The monoisotopic (exact) mass is 189 g/mol. The van der Waals surface area contributed by atoms with Crippen molar-refractivity contribution in [1.29, 1.82) is 0 Å². The Hall–Kier alpha value is -1.97. The Labute approximate surface area is 81.6 Å². The average molecular weight is 189 g/mol. The lowest BCUT2D eigenvalue weighted by Crippen LogP contribution is -1.96. The molecule has 1 heterocycles. The summed E-state index contributed by atoms with van der Waals surface area (Å²) in [7, 11) is 0. The van der Waals surface area contributed by atoms with E-state index in [-0.39, 0.29) is 5.75 Å². The van der Waals surface area contributed by atoms with Gasteiger partial charge in [-0.1, -0.05) is 0 Å². The molecule has 0 aliphatic rings. The molecule has 0 atom stereocenters. The second-order valence-electron chi connectivity index (χ2n) is 3.14. The molecule has 0 unspecified atom stereocenters. The summed E-state index contributed by atoms with van der Waals surface area (Å²) in [5.74, 6) is 0.0950. The van der Waals surface area contributed by atoms with Crippen LogP contribution in [-0.2, 0) is 0 Å². The number of aromatic hydroxyl groups is 1. The van der Waals surface area contributed by atoms with Crippen molar-refractivity contribution in [3.8, 4) is 11.4 Å². The molecule has 72 valence electrons. The number of nitrogen functional groups attached to an aromatic ring is 1. The van der Waals surface area contributed by atoms with Gasteiger partial charge in [-0.15, -0.1) is 0 Å². The summed E-state index contributed by atoms with van der Waals surface area (Å²) in [6.07, 6.45) is 1.85. The van der Waals surface area contributed by atoms with Gasteiger partial charge >= 0.3 is 0 Å². The first-order valence-corrected chi connectivity index (χ1v) is 4.28. The van der Waals surface area contributed by atoms with Crippen molar-refractivity contribution < 1.29 is 5.11 Å². The van der Waals surface area contributed by atoms with Gasteiger partial charge in [-0.05, 0) is 31.2 Å². The number of phenolic OH excluding ortho intramolecular Hbond substituents is 1. The third-order valence-corrected chi connectivity index (χ3v) is 2.00. The highest BCUT2D eigenvalue weighted by Crippen LogP contribution is 2.22. The SMILES string of the molecule is Cc1ccn(-c2ccc(O)c(N)c2)n1. The number of nitrogens with zero attached hydrogens (tertiary/aromatic N) is 2. The molecule has 14 heavy (non-hydrogen) atoms. The highest BCUT2D eigenvalue weighted by atomic mass is 16.3. The van der Waals surface area contributed by atoms with E-state index in [1.807, 2.05) is 19.2 Å². The van der Waals surface area contributed by atoms with E-state index in [0.717, 1.165) is 11.4 Å². The molecular formula is C10H11N3O. The molecule has 4 nitrogen and oxygen atoms in total. The molecule has 0 bridgehead atoms. The van der Waals surface area contributed by atoms with Crippen LogP contribution in [0.4, 0.5) is 5.69 Å². The zero-order valence-corrected chi connectivity index (χ0v) is 7.81. The quantitative estimate of drug-likeness (QED) is 0.527. The maximum Gasteiger partial charge on any atom is 0.138 e. The topological polar surface area (TPSA) is 64.1 Å². The van der Waals surface area contributed by atoms with Crippen molar-refractivity contribution >= 4 is 5.69 Å². The third kappa shape index (κ3) is 1.42. The van der Waals surface area contributed by atoms with E-state index in [4.69, 9.17) is 5.73 Å². The van der Waals surface area contributed by atoms with Crippen LogP contribution < -0.4 is 5.73 Å². The first kappa shape index (κ1) is 8.62. The van der Waals surface area contributed by atoms with Gasteiger partial charge in [-0.2, -0.15) is 5.10 Å². The highest BCUT2D eigenvalue weighted by Gasteiger charge is 2.01. The summed E-state index contributed by atoms with van der Waals surface area (Å²) in [6.45, 7) is 1.92. The number of hydrogen-bond acceptors (Lipinski definition) is 3. The van der Waals surface area contributed by atoms with Crippen molar-refractivity contribution in [2.45, 2.75) is 6.92 Å². The lowest BCUT2D eigenvalue weighted by Gasteiger charge is -2.03. The third-order valence-electron chi connectivity index (χ3n) is 2.00. The van der Waals surface area contributed by atoms with Crippen molar-refractivity contribution in [3.05, 3.63) is 36.2 Å². The number of benzene rings is 1. The minimum absolute atomic E-state index is 0.0950. The summed E-state index contributed by atoms with van der Waals surface area (Å²) in [4.78, 5) is 0. The fourth-order valence-electron chi connectivity index (χ4n) is 1.24. The van der Waals surface area contributed by atoms with Gasteiger partial charge in [-0.25, -0.2) is 4.68 Å². The van der Waals surface area contributed by atoms with Crippen LogP contribution in [0.15, 0.2) is 30.5 Å². The van der Waals surface area contributed by atoms with Crippen LogP contribution in [0.1, 0.15) is 5.69 Å². The minimum atomic E-state index is 0.0950. The molecular weight excluding hydrogens is 178 g/mol. The zero-order chi connectivity index (χ0) is 10.1. The molecule has 4 heteroatoms. The van der Waals surface area contributed by atoms with Gasteiger partial charge in [0.2, 0.25) is 0 Å². The molecule has 0 amide bonds. The Kier molecular flexibility index (Phi) is 1.89. The molecule has 0 fully saturated rings. The fourth-order valence-corrected chi connectivity index (χ4v) is 1.24. The number of hydrogen-bond donors (Lipinski definition) is 2. The molecule has 1 aromatic heterocycles. The normalized spacial score (nSPS) is 10.4. The number of aryl methyl sites for hydroxylation is 1. The van der Waals surface area contributed by atoms with E-state index in [0.29, 0.717) is 5.69 Å². The zero-order valence-electron chi connectivity index (χ0n) is 7.81. The van der Waals surface area contributed by atoms with E-state index < -0.39 is 0 Å². The van der Waals surface area contributed by atoms with Crippen molar-refractivity contribution in [2.75, 3.05) is 5.73 Å². The summed E-state index contributed by atoms with van der Waals surface area (Å²) in [5.41, 5.74) is 7.71. The van der Waals surface area contributed by atoms with E-state index in [2.05, 4.69) is 5.10 Å². The Morgan fingerprint density at radius 2 is 2.14 bits per heavy atom. The van der Waals surface area contributed by atoms with Gasteiger partial charge in [0.25, 0.3) is 0 Å². The molecule has 0 radical (unpaired) electrons. The van der Waals surface area contributed by atoms with Gasteiger partial charge in [0.1, 0.15) is 5.75 Å². The largest absolute Gasteiger partial charge is 0.506 e. The van der Waals surface area contributed by atoms with Crippen LogP contribution in [0, 0.1) is 6.92 Å². The molecule has 0 spiro atoms. The van der Waals surface area contributed by atoms with Gasteiger partial charge in [0.15, 0.2) is 0 Å². The first-order chi connectivity index (χ1) is 6.66. The molecule has 0 aliphatic heterocycles. The van der Waals surface area contributed by atoms with Gasteiger partial charge in [0, 0.05) is 6.20 Å². The summed E-state index contributed by atoms with van der Waals surface area (Å²) >= 11 is 0. The van der Waals surface area contributed by atoms with Crippen LogP contribution in [-0.4, -0.2) is 14.9 Å². The number of aromatic nitrogens is 2. The van der Waals surface area contributed by atoms with Gasteiger partial charge in [-0.3, -0.25) is 0 Å². The van der Waals surface area contributed by atoms with E-state index in [1.54, 1.807) is 22.9 Å². The number of rotatable bonds is 1. The summed E-state index contributed by atoms with van der Waals surface area (Å²) < 4.78 is 1.71. The summed E-state index contributed by atoms with van der Waals surface area (Å²) in [6, 6.07) is 6.91. The molecule has 1 aromatic carbocycles. The smallest absolute Gasteiger partial charge is 0.138 e. The van der Waals surface area contributed by atoms with Crippen molar-refractivity contribution in [3.63, 3.8) is 0 Å². The van der Waals surface area contributed by atoms with Crippen molar-refractivity contribution in [1.82, 2.24) is 9.78 Å². The van der Waals surface area contributed by atoms with Crippen LogP contribution in [0.2, 0.25) is 0 Å². The van der Waals surface area contributed by atoms with Gasteiger partial charge in [0.05, 0.1) is 17.1 Å². The van der Waals surface area contributed by atoms with E-state index in [9.17, 15) is 5.11 Å². The standard InChI is InChI=1S/C10H11N3O/c1-7-4-5-13(12-7)8-2-3-10(14)9(11)6-8/h2-6,14H,11H2,1H3. The fraction of sp³-hybridized carbons (Fsp3) is 0.100. The summed E-state index contributed by atoms with van der Waals surface area (Å²) in [5, 5.41) is 13.5. The highest BCUT2D eigenvalue weighted by molar-refractivity contribution is 5.57. The van der Waals surface area contributed by atoms with Crippen LogP contribution >= 0.6 is 0 Å². The van der Waals surface area contributed by atoms with Crippen LogP contribution in [0.5, 0.6) is 5.75 Å². The molecule has 2 aromatic rings. The number of phenols is 1. The Bertz CT molecular complexity index is 462. The average Bonchev–Trinajstić information content (AvgIpc) is 2.57. The van der Waals surface area contributed by atoms with E-state index >= 15 is 0 Å². The molecule has 0 aliphatic carbocycles. The molecule has 0 saturated carbocycles. The molecule has 0 saturated heterocycles. The predicted octanol–water partition coefficient (Wildman–Crippen LogP) is 1.47. The Balaban J connectivity index is 2.47. The first-order valence-electron chi connectivity index (χ1n) is 4.28. The lowest BCUT2D eigenvalue weighted by atomic mass is 10.2. The number of anilines is 1. The Morgan fingerprint density at radius 1 is 1.36 bits per heavy atom. The second-order valence-corrected chi connectivity index (χ2v) is 3.14. The van der Waals surface area contributed by atoms with Crippen LogP contribution in [0.25, 0.3) is 5.69 Å². The Morgan fingerprint density at radius 3 is 2.71 bits per heavy atom. The van der Waals surface area contributed by atoms with Crippen molar-refractivity contribution in [2.24, 2.45) is 0 Å². The second kappa shape index (κ2) is 3.06. The molecule has 3 N–H and O–H groups in total.